The second-order valence-electron chi connectivity index (χ2n) is 6.35. The lowest BCUT2D eigenvalue weighted by molar-refractivity contribution is 0.102. The van der Waals surface area contributed by atoms with E-state index in [9.17, 15) is 4.79 Å². The molecule has 1 atom stereocenters. The highest BCUT2D eigenvalue weighted by molar-refractivity contribution is 7.13. The van der Waals surface area contributed by atoms with Crippen molar-refractivity contribution < 1.29 is 4.79 Å². The zero-order valence-electron chi connectivity index (χ0n) is 14.9. The number of benzene rings is 1. The fourth-order valence-electron chi connectivity index (χ4n) is 3.15. The summed E-state index contributed by atoms with van der Waals surface area (Å²) in [5, 5.41) is 5.91. The first-order valence-corrected chi connectivity index (χ1v) is 9.72. The number of H-pyrrole nitrogens is 1. The number of nitrogens with zero attached hydrogens (tertiary/aromatic N) is 1. The lowest BCUT2D eigenvalue weighted by Gasteiger charge is -2.16. The number of nitrogens with two attached hydrogens (primary N) is 1. The molecule has 0 spiro atoms. The molecular weight excluding hydrogens is 356 g/mol. The van der Waals surface area contributed by atoms with Crippen molar-refractivity contribution in [2.75, 3.05) is 5.32 Å². The number of hydrogen-bond acceptors (Lipinski definition) is 4. The number of amides is 1. The summed E-state index contributed by atoms with van der Waals surface area (Å²) >= 11 is 1.65. The Bertz CT molecular complexity index is 1080. The van der Waals surface area contributed by atoms with Crippen LogP contribution in [-0.4, -0.2) is 15.9 Å². The first kappa shape index (κ1) is 17.5. The van der Waals surface area contributed by atoms with Crippen LogP contribution in [0.4, 0.5) is 5.69 Å². The van der Waals surface area contributed by atoms with Gasteiger partial charge in [-0.15, -0.1) is 11.3 Å². The maximum absolute atomic E-state index is 12.9. The molecule has 27 heavy (non-hydrogen) atoms. The van der Waals surface area contributed by atoms with E-state index in [1.807, 2.05) is 41.9 Å². The highest BCUT2D eigenvalue weighted by Crippen LogP contribution is 2.33. The number of hydrogen-bond donors (Lipinski definition) is 3. The molecule has 0 bridgehead atoms. The third-order valence-corrected chi connectivity index (χ3v) is 5.55. The molecule has 5 nitrogen and oxygen atoms in total. The SMILES string of the molecule is CC[C@@H](N)c1ccc(C(=O)Nc2ccnc3[nH]ccc23)cc1-c1cccs1. The molecule has 4 N–H and O–H groups in total. The molecule has 1 aromatic carbocycles. The van der Waals surface area contributed by atoms with E-state index in [0.717, 1.165) is 39.1 Å². The van der Waals surface area contributed by atoms with E-state index in [-0.39, 0.29) is 11.9 Å². The van der Waals surface area contributed by atoms with Gasteiger partial charge in [-0.25, -0.2) is 4.98 Å². The van der Waals surface area contributed by atoms with Gasteiger partial charge in [0.1, 0.15) is 5.65 Å². The van der Waals surface area contributed by atoms with Gasteiger partial charge in [0.2, 0.25) is 0 Å². The van der Waals surface area contributed by atoms with Gasteiger partial charge in [0.15, 0.2) is 0 Å². The molecule has 0 radical (unpaired) electrons. The highest BCUT2D eigenvalue weighted by Gasteiger charge is 2.16. The number of thiophene rings is 1. The molecular formula is C21H20N4OS. The molecule has 3 heterocycles. The van der Waals surface area contributed by atoms with Crippen molar-refractivity contribution in [3.05, 3.63) is 71.4 Å². The van der Waals surface area contributed by atoms with E-state index in [4.69, 9.17) is 5.73 Å². The first-order valence-electron chi connectivity index (χ1n) is 8.84. The Morgan fingerprint density at radius 2 is 2.19 bits per heavy atom. The summed E-state index contributed by atoms with van der Waals surface area (Å²) in [4.78, 5) is 21.3. The number of carbonyl (C=O) groups excluding carboxylic acids is 1. The predicted octanol–water partition coefficient (Wildman–Crippen LogP) is 4.95. The van der Waals surface area contributed by atoms with Crippen LogP contribution in [0.5, 0.6) is 0 Å². The van der Waals surface area contributed by atoms with Crippen LogP contribution in [0.15, 0.2) is 60.2 Å². The molecule has 3 aromatic heterocycles. The van der Waals surface area contributed by atoms with Crippen LogP contribution in [0.25, 0.3) is 21.5 Å². The lowest BCUT2D eigenvalue weighted by Crippen LogP contribution is -2.14. The molecule has 0 aliphatic rings. The minimum Gasteiger partial charge on any atom is -0.346 e. The van der Waals surface area contributed by atoms with Gasteiger partial charge in [0, 0.05) is 34.3 Å². The third kappa shape index (κ3) is 3.37. The maximum atomic E-state index is 12.9. The maximum Gasteiger partial charge on any atom is 0.255 e. The molecule has 0 saturated heterocycles. The number of nitrogens with one attached hydrogen (secondary N) is 2. The Balaban J connectivity index is 1.70. The Labute approximate surface area is 161 Å². The van der Waals surface area contributed by atoms with Crippen LogP contribution in [0.1, 0.15) is 35.3 Å². The van der Waals surface area contributed by atoms with Crippen LogP contribution >= 0.6 is 11.3 Å². The van der Waals surface area contributed by atoms with Gasteiger partial charge in [-0.05, 0) is 53.3 Å². The predicted molar refractivity (Wildman–Crippen MR) is 111 cm³/mol. The van der Waals surface area contributed by atoms with Gasteiger partial charge in [-0.1, -0.05) is 19.1 Å². The summed E-state index contributed by atoms with van der Waals surface area (Å²) in [6.45, 7) is 2.06. The number of carbonyl (C=O) groups is 1. The Morgan fingerprint density at radius 1 is 1.30 bits per heavy atom. The van der Waals surface area contributed by atoms with Crippen molar-refractivity contribution in [2.45, 2.75) is 19.4 Å². The quantitative estimate of drug-likeness (QED) is 0.460. The molecule has 136 valence electrons. The second kappa shape index (κ2) is 7.34. The third-order valence-electron chi connectivity index (χ3n) is 4.65. The number of anilines is 1. The number of fused-ring (bicyclic) bond motifs is 1. The van der Waals surface area contributed by atoms with Crippen molar-refractivity contribution in [2.24, 2.45) is 5.73 Å². The molecule has 0 fully saturated rings. The van der Waals surface area contributed by atoms with E-state index >= 15 is 0 Å². The number of aromatic nitrogens is 2. The van der Waals surface area contributed by atoms with Gasteiger partial charge < -0.3 is 16.0 Å². The Hall–Kier alpha value is -2.96. The average molecular weight is 376 g/mol. The van der Waals surface area contributed by atoms with Crippen molar-refractivity contribution in [3.8, 4) is 10.4 Å². The molecule has 0 saturated carbocycles. The molecule has 4 rings (SSSR count). The van der Waals surface area contributed by atoms with E-state index in [0.29, 0.717) is 5.56 Å². The van der Waals surface area contributed by atoms with Crippen LogP contribution in [-0.2, 0) is 0 Å². The summed E-state index contributed by atoms with van der Waals surface area (Å²) in [5.41, 5.74) is 10.5. The number of pyridine rings is 1. The van der Waals surface area contributed by atoms with Gasteiger partial charge in [-0.2, -0.15) is 0 Å². The van der Waals surface area contributed by atoms with Crippen LogP contribution in [0, 0.1) is 0 Å². The normalized spacial score (nSPS) is 12.2. The van der Waals surface area contributed by atoms with Crippen LogP contribution in [0.2, 0.25) is 0 Å². The first-order chi connectivity index (χ1) is 13.2. The summed E-state index contributed by atoms with van der Waals surface area (Å²) in [7, 11) is 0. The molecule has 6 heteroatoms. The summed E-state index contributed by atoms with van der Waals surface area (Å²) in [6, 6.07) is 13.4. The van der Waals surface area contributed by atoms with E-state index in [2.05, 4.69) is 28.3 Å². The van der Waals surface area contributed by atoms with Crippen LogP contribution < -0.4 is 11.1 Å². The molecule has 0 aliphatic heterocycles. The van der Waals surface area contributed by atoms with Gasteiger partial charge >= 0.3 is 0 Å². The smallest absolute Gasteiger partial charge is 0.255 e. The molecule has 0 aliphatic carbocycles. The van der Waals surface area contributed by atoms with Crippen molar-refractivity contribution in [1.29, 1.82) is 0 Å². The zero-order chi connectivity index (χ0) is 18.8. The second-order valence-corrected chi connectivity index (χ2v) is 7.29. The average Bonchev–Trinajstić information content (AvgIpc) is 3.39. The van der Waals surface area contributed by atoms with Crippen molar-refractivity contribution >= 4 is 34.0 Å². The fourth-order valence-corrected chi connectivity index (χ4v) is 3.91. The summed E-state index contributed by atoms with van der Waals surface area (Å²) < 4.78 is 0. The van der Waals surface area contributed by atoms with Gasteiger partial charge in [-0.3, -0.25) is 4.79 Å². The summed E-state index contributed by atoms with van der Waals surface area (Å²) in [5.74, 6) is -0.155. The van der Waals surface area contributed by atoms with E-state index in [1.54, 1.807) is 23.6 Å². The molecule has 0 unspecified atom stereocenters. The van der Waals surface area contributed by atoms with Gasteiger partial charge in [0.25, 0.3) is 5.91 Å². The molecule has 1 amide bonds. The van der Waals surface area contributed by atoms with Crippen molar-refractivity contribution in [3.63, 3.8) is 0 Å². The largest absolute Gasteiger partial charge is 0.346 e. The highest BCUT2D eigenvalue weighted by atomic mass is 32.1. The Kier molecular flexibility index (Phi) is 4.75. The molecule has 4 aromatic rings. The van der Waals surface area contributed by atoms with Crippen LogP contribution in [0.3, 0.4) is 0 Å². The van der Waals surface area contributed by atoms with E-state index < -0.39 is 0 Å². The summed E-state index contributed by atoms with van der Waals surface area (Å²) in [6.07, 6.45) is 4.32. The number of rotatable bonds is 5. The minimum atomic E-state index is -0.155. The topological polar surface area (TPSA) is 83.8 Å². The standard InChI is InChI=1S/C21H20N4OS/c1-2-17(22)14-6-5-13(12-16(14)19-4-3-11-27-19)21(26)25-18-8-10-24-20-15(18)7-9-23-20/h3-12,17H,2,22H2,1H3,(H2,23,24,25,26)/t17-/m1/s1. The lowest BCUT2D eigenvalue weighted by atomic mass is 9.95. The van der Waals surface area contributed by atoms with E-state index in [1.165, 1.54) is 0 Å². The Morgan fingerprint density at radius 3 is 2.96 bits per heavy atom. The zero-order valence-corrected chi connectivity index (χ0v) is 15.7. The fraction of sp³-hybridized carbons (Fsp3) is 0.143. The van der Waals surface area contributed by atoms with Gasteiger partial charge in [0.05, 0.1) is 5.69 Å². The van der Waals surface area contributed by atoms with Crippen molar-refractivity contribution in [1.82, 2.24) is 9.97 Å². The monoisotopic (exact) mass is 376 g/mol. The minimum absolute atomic E-state index is 0.0566. The number of aromatic amines is 1.